The molecule has 4 aromatic carbocycles. The highest BCUT2D eigenvalue weighted by atomic mass is 16.5. The molecule has 0 saturated carbocycles. The van der Waals surface area contributed by atoms with Crippen molar-refractivity contribution in [2.75, 3.05) is 19.5 Å². The van der Waals surface area contributed by atoms with Crippen LogP contribution in [-0.2, 0) is 14.3 Å². The van der Waals surface area contributed by atoms with Gasteiger partial charge in [-0.1, -0.05) is 84.9 Å². The summed E-state index contributed by atoms with van der Waals surface area (Å²) in [7, 11) is 2.74. The Labute approximate surface area is 257 Å². The van der Waals surface area contributed by atoms with Crippen molar-refractivity contribution in [2.24, 2.45) is 0 Å². The maximum Gasteiger partial charge on any atom is 0.342 e. The molecular weight excluding hydrogens is 552 g/mol. The number of carbonyl (C=O) groups is 2. The van der Waals surface area contributed by atoms with E-state index in [-0.39, 0.29) is 11.9 Å². The molecule has 0 fully saturated rings. The molecule has 0 amide bonds. The first-order valence-corrected chi connectivity index (χ1v) is 13.7. The van der Waals surface area contributed by atoms with E-state index < -0.39 is 0 Å². The highest BCUT2D eigenvalue weighted by Gasteiger charge is 2.23. The number of nitrogens with zero attached hydrogens (tertiary/aromatic N) is 3. The molecule has 8 heteroatoms. The molecule has 5 aromatic rings. The number of nitriles is 1. The summed E-state index contributed by atoms with van der Waals surface area (Å²) in [6, 6.07) is 40.2. The van der Waals surface area contributed by atoms with Crippen LogP contribution >= 0.6 is 0 Å². The number of ether oxygens (including phenoxy) is 2. The Hall–Kier alpha value is -5.94. The van der Waals surface area contributed by atoms with Crippen molar-refractivity contribution in [3.8, 4) is 23.0 Å². The fourth-order valence-electron chi connectivity index (χ4n) is 4.00. The standard InChI is InChI=1S/C18H16N2O2.C11H13NO2.C7H5N/c1-13-16(18(21)22-2)17(14-9-5-3-6-10-14)19-20(13)15-11-7-4-8-12-15;1-9(8-11(13)14-2)12-10-6-4-3-5-7-10;8-6-7-4-2-1-3-5-7/h3-12H,1-2H3;3-8,12H,1-2H3;1-5H/b;9-8-;. The number of rotatable bonds is 6. The number of benzene rings is 4. The van der Waals surface area contributed by atoms with E-state index in [1.807, 2.05) is 129 Å². The van der Waals surface area contributed by atoms with Gasteiger partial charge in [-0.15, -0.1) is 0 Å². The molecule has 0 aliphatic rings. The number of anilines is 1. The molecule has 0 spiro atoms. The van der Waals surface area contributed by atoms with Gasteiger partial charge >= 0.3 is 11.9 Å². The molecule has 0 unspecified atom stereocenters. The number of nitrogens with one attached hydrogen (secondary N) is 1. The Morgan fingerprint density at radius 3 is 1.82 bits per heavy atom. The lowest BCUT2D eigenvalue weighted by molar-refractivity contribution is -0.134. The second kappa shape index (κ2) is 17.1. The van der Waals surface area contributed by atoms with Crippen LogP contribution in [0.15, 0.2) is 133 Å². The Morgan fingerprint density at radius 1 is 0.795 bits per heavy atom. The lowest BCUT2D eigenvalue weighted by Crippen LogP contribution is -2.05. The SMILES string of the molecule is COC(=O)/C=C(/C)Nc1ccccc1.COC(=O)c1c(-c2ccccc2)nn(-c2ccccc2)c1C.N#Cc1ccccc1. The van der Waals surface area contributed by atoms with Gasteiger partial charge < -0.3 is 14.8 Å². The van der Waals surface area contributed by atoms with E-state index in [1.165, 1.54) is 20.3 Å². The van der Waals surface area contributed by atoms with Crippen LogP contribution in [0.5, 0.6) is 0 Å². The van der Waals surface area contributed by atoms with Crippen LogP contribution in [-0.4, -0.2) is 35.9 Å². The minimum Gasteiger partial charge on any atom is -0.466 e. The number of aromatic nitrogens is 2. The maximum absolute atomic E-state index is 12.2. The van der Waals surface area contributed by atoms with Gasteiger partial charge in [-0.3, -0.25) is 0 Å². The number of carbonyl (C=O) groups excluding carboxylic acids is 2. The van der Waals surface area contributed by atoms with E-state index in [0.29, 0.717) is 16.8 Å². The van der Waals surface area contributed by atoms with Gasteiger partial charge in [0.15, 0.2) is 0 Å². The molecule has 0 aliphatic carbocycles. The minimum absolute atomic E-state index is 0.356. The number of hydrogen-bond donors (Lipinski definition) is 1. The van der Waals surface area contributed by atoms with Crippen LogP contribution in [0.25, 0.3) is 16.9 Å². The topological polar surface area (TPSA) is 106 Å². The van der Waals surface area contributed by atoms with Crippen molar-refractivity contribution in [1.82, 2.24) is 9.78 Å². The van der Waals surface area contributed by atoms with Gasteiger partial charge in [0.2, 0.25) is 0 Å². The van der Waals surface area contributed by atoms with Crippen LogP contribution in [0, 0.1) is 18.3 Å². The van der Waals surface area contributed by atoms with Crippen molar-refractivity contribution in [3.63, 3.8) is 0 Å². The number of para-hydroxylation sites is 2. The van der Waals surface area contributed by atoms with E-state index >= 15 is 0 Å². The molecule has 0 radical (unpaired) electrons. The molecule has 0 atom stereocenters. The number of allylic oxidation sites excluding steroid dienone is 1. The van der Waals surface area contributed by atoms with Crippen LogP contribution < -0.4 is 5.32 Å². The van der Waals surface area contributed by atoms with Gasteiger partial charge in [-0.05, 0) is 50.2 Å². The smallest absolute Gasteiger partial charge is 0.342 e. The number of esters is 2. The summed E-state index contributed by atoms with van der Waals surface area (Å²) in [5, 5.41) is 16.0. The molecule has 5 rings (SSSR count). The average molecular weight is 587 g/mol. The Morgan fingerprint density at radius 2 is 1.32 bits per heavy atom. The first kappa shape index (κ1) is 32.6. The second-order valence-electron chi connectivity index (χ2n) is 9.23. The summed E-state index contributed by atoms with van der Waals surface area (Å²) in [5.41, 5.74) is 6.11. The number of hydrogen-bond acceptors (Lipinski definition) is 7. The normalized spacial score (nSPS) is 10.1. The summed E-state index contributed by atoms with van der Waals surface area (Å²) >= 11 is 0. The fourth-order valence-corrected chi connectivity index (χ4v) is 4.00. The molecule has 1 N–H and O–H groups in total. The van der Waals surface area contributed by atoms with Crippen LogP contribution in [0.1, 0.15) is 28.5 Å². The zero-order chi connectivity index (χ0) is 31.7. The summed E-state index contributed by atoms with van der Waals surface area (Å²) in [6.07, 6.45) is 1.41. The second-order valence-corrected chi connectivity index (χ2v) is 9.23. The highest BCUT2D eigenvalue weighted by molar-refractivity contribution is 5.97. The molecule has 1 heterocycles. The predicted molar refractivity (Wildman–Crippen MR) is 172 cm³/mol. The van der Waals surface area contributed by atoms with Crippen molar-refractivity contribution in [2.45, 2.75) is 13.8 Å². The highest BCUT2D eigenvalue weighted by Crippen LogP contribution is 2.27. The molecule has 1 aromatic heterocycles. The Balaban J connectivity index is 0.000000205. The van der Waals surface area contributed by atoms with Crippen molar-refractivity contribution in [3.05, 3.63) is 150 Å². The lowest BCUT2D eigenvalue weighted by atomic mass is 10.1. The molecule has 44 heavy (non-hydrogen) atoms. The van der Waals surface area contributed by atoms with Crippen molar-refractivity contribution in [1.29, 1.82) is 5.26 Å². The van der Waals surface area contributed by atoms with E-state index in [4.69, 9.17) is 10.00 Å². The molecule has 8 nitrogen and oxygen atoms in total. The lowest BCUT2D eigenvalue weighted by Gasteiger charge is -2.05. The van der Waals surface area contributed by atoms with Gasteiger partial charge in [0, 0.05) is 23.0 Å². The van der Waals surface area contributed by atoms with Crippen LogP contribution in [0.3, 0.4) is 0 Å². The quantitative estimate of drug-likeness (QED) is 0.164. The predicted octanol–water partition coefficient (Wildman–Crippen LogP) is 7.37. The van der Waals surface area contributed by atoms with E-state index in [1.54, 1.807) is 16.8 Å². The molecule has 222 valence electrons. The van der Waals surface area contributed by atoms with Crippen molar-refractivity contribution < 1.29 is 19.1 Å². The van der Waals surface area contributed by atoms with Gasteiger partial charge in [0.25, 0.3) is 0 Å². The Bertz CT molecular complexity index is 1690. The first-order chi connectivity index (χ1) is 21.4. The van der Waals surface area contributed by atoms with Crippen molar-refractivity contribution >= 4 is 17.6 Å². The molecule has 0 saturated heterocycles. The Kier molecular flexibility index (Phi) is 12.7. The van der Waals surface area contributed by atoms with Gasteiger partial charge in [-0.25, -0.2) is 14.3 Å². The fraction of sp³-hybridized carbons (Fsp3) is 0.111. The monoisotopic (exact) mass is 586 g/mol. The van der Waals surface area contributed by atoms with Gasteiger partial charge in [-0.2, -0.15) is 10.4 Å². The van der Waals surface area contributed by atoms with E-state index in [2.05, 4.69) is 15.2 Å². The third-order valence-corrected chi connectivity index (χ3v) is 6.11. The summed E-state index contributed by atoms with van der Waals surface area (Å²) in [6.45, 7) is 3.68. The third-order valence-electron chi connectivity index (χ3n) is 6.11. The van der Waals surface area contributed by atoms with Gasteiger partial charge in [0.1, 0.15) is 11.3 Å². The molecule has 0 bridgehead atoms. The largest absolute Gasteiger partial charge is 0.466 e. The number of methoxy groups -OCH3 is 2. The van der Waals surface area contributed by atoms with Crippen LogP contribution in [0.4, 0.5) is 5.69 Å². The van der Waals surface area contributed by atoms with E-state index in [9.17, 15) is 9.59 Å². The van der Waals surface area contributed by atoms with Gasteiger partial charge in [0.05, 0.1) is 37.2 Å². The van der Waals surface area contributed by atoms with E-state index in [0.717, 1.165) is 28.3 Å². The molecular formula is C36H34N4O4. The third kappa shape index (κ3) is 9.57. The summed E-state index contributed by atoms with van der Waals surface area (Å²) < 4.78 is 11.2. The zero-order valence-corrected chi connectivity index (χ0v) is 25.1. The summed E-state index contributed by atoms with van der Waals surface area (Å²) in [4.78, 5) is 23.1. The molecule has 0 aliphatic heterocycles. The average Bonchev–Trinajstić information content (AvgIpc) is 3.43. The first-order valence-electron chi connectivity index (χ1n) is 13.7. The minimum atomic E-state index is -0.376. The zero-order valence-electron chi connectivity index (χ0n) is 25.1. The summed E-state index contributed by atoms with van der Waals surface area (Å²) in [5.74, 6) is -0.732. The maximum atomic E-state index is 12.2. The van der Waals surface area contributed by atoms with Crippen LogP contribution in [0.2, 0.25) is 0 Å².